The lowest BCUT2D eigenvalue weighted by molar-refractivity contribution is -0.140. The van der Waals surface area contributed by atoms with E-state index in [1.165, 1.54) is 0 Å². The van der Waals surface area contributed by atoms with Gasteiger partial charge in [-0.05, 0) is 36.4 Å². The van der Waals surface area contributed by atoms with Crippen LogP contribution in [-0.4, -0.2) is 39.3 Å². The first-order valence-corrected chi connectivity index (χ1v) is 6.00. The number of nitrogens with one attached hydrogen (secondary N) is 1. The van der Waals surface area contributed by atoms with Gasteiger partial charge in [-0.3, -0.25) is 4.79 Å². The van der Waals surface area contributed by atoms with Gasteiger partial charge in [0.1, 0.15) is 0 Å². The lowest BCUT2D eigenvalue weighted by Gasteiger charge is -2.12. The first-order valence-electron chi connectivity index (χ1n) is 6.00. The number of aliphatic hydroxyl groups is 1. The second-order valence-electron chi connectivity index (χ2n) is 4.18. The summed E-state index contributed by atoms with van der Waals surface area (Å²) in [6.45, 7) is -0.650. The summed E-state index contributed by atoms with van der Waals surface area (Å²) in [5, 5.41) is 19.9. The SMILES string of the molecule is O=C(N[C@H](CO)C(=O)O)c1ccc(-n2cccc2)cc1. The number of carboxylic acid groups (broad SMARTS) is 1. The number of hydrogen-bond donors (Lipinski definition) is 3. The monoisotopic (exact) mass is 274 g/mol. The minimum atomic E-state index is -1.30. The van der Waals surface area contributed by atoms with Crippen molar-refractivity contribution in [2.24, 2.45) is 0 Å². The lowest BCUT2D eigenvalue weighted by Crippen LogP contribution is -2.43. The van der Waals surface area contributed by atoms with Gasteiger partial charge < -0.3 is 20.1 Å². The van der Waals surface area contributed by atoms with E-state index in [0.717, 1.165) is 5.69 Å². The van der Waals surface area contributed by atoms with Crippen molar-refractivity contribution in [3.63, 3.8) is 0 Å². The number of aliphatic hydroxyl groups excluding tert-OH is 1. The number of nitrogens with zero attached hydrogens (tertiary/aromatic N) is 1. The zero-order valence-corrected chi connectivity index (χ0v) is 10.6. The third kappa shape index (κ3) is 3.04. The summed E-state index contributed by atoms with van der Waals surface area (Å²) in [5.41, 5.74) is 1.23. The first kappa shape index (κ1) is 13.8. The Morgan fingerprint density at radius 2 is 1.75 bits per heavy atom. The summed E-state index contributed by atoms with van der Waals surface area (Å²) in [5.74, 6) is -1.81. The molecule has 0 saturated carbocycles. The largest absolute Gasteiger partial charge is 0.480 e. The van der Waals surface area contributed by atoms with E-state index < -0.39 is 24.5 Å². The quantitative estimate of drug-likeness (QED) is 0.746. The molecule has 0 aliphatic heterocycles. The van der Waals surface area contributed by atoms with Crippen LogP contribution in [0.5, 0.6) is 0 Å². The Kier molecular flexibility index (Phi) is 4.17. The number of carboxylic acids is 1. The predicted octanol–water partition coefficient (Wildman–Crippen LogP) is 0.653. The smallest absolute Gasteiger partial charge is 0.328 e. The van der Waals surface area contributed by atoms with E-state index in [2.05, 4.69) is 5.32 Å². The second kappa shape index (κ2) is 6.03. The van der Waals surface area contributed by atoms with Gasteiger partial charge in [0.15, 0.2) is 6.04 Å². The van der Waals surface area contributed by atoms with Crippen molar-refractivity contribution in [3.8, 4) is 5.69 Å². The molecule has 0 saturated heterocycles. The number of carbonyl (C=O) groups excluding carboxylic acids is 1. The van der Waals surface area contributed by atoms with Crippen LogP contribution in [0.15, 0.2) is 48.8 Å². The highest BCUT2D eigenvalue weighted by atomic mass is 16.4. The Morgan fingerprint density at radius 1 is 1.15 bits per heavy atom. The van der Waals surface area contributed by atoms with Crippen LogP contribution in [0.3, 0.4) is 0 Å². The molecule has 1 heterocycles. The van der Waals surface area contributed by atoms with Crippen molar-refractivity contribution in [1.82, 2.24) is 9.88 Å². The van der Waals surface area contributed by atoms with E-state index >= 15 is 0 Å². The van der Waals surface area contributed by atoms with Gasteiger partial charge in [-0.15, -0.1) is 0 Å². The van der Waals surface area contributed by atoms with E-state index in [1.54, 1.807) is 24.3 Å². The standard InChI is InChI=1S/C14H14N2O4/c17-9-12(14(19)20)15-13(18)10-3-5-11(6-4-10)16-7-1-2-8-16/h1-8,12,17H,9H2,(H,15,18)(H,19,20)/t12-/m1/s1. The average molecular weight is 274 g/mol. The molecule has 104 valence electrons. The van der Waals surface area contributed by atoms with Gasteiger partial charge in [0.2, 0.25) is 0 Å². The molecule has 0 aliphatic rings. The van der Waals surface area contributed by atoms with Crippen molar-refractivity contribution >= 4 is 11.9 Å². The summed E-state index contributed by atoms with van der Waals surface area (Å²) in [6.07, 6.45) is 3.75. The van der Waals surface area contributed by atoms with Crippen molar-refractivity contribution in [3.05, 3.63) is 54.4 Å². The molecule has 0 bridgehead atoms. The molecule has 0 aliphatic carbocycles. The minimum Gasteiger partial charge on any atom is -0.480 e. The molecule has 0 fully saturated rings. The number of hydrogen-bond acceptors (Lipinski definition) is 3. The third-order valence-electron chi connectivity index (χ3n) is 2.82. The second-order valence-corrected chi connectivity index (χ2v) is 4.18. The fourth-order valence-corrected chi connectivity index (χ4v) is 1.72. The molecule has 2 rings (SSSR count). The molecule has 3 N–H and O–H groups in total. The molecule has 0 unspecified atom stereocenters. The third-order valence-corrected chi connectivity index (χ3v) is 2.82. The van der Waals surface area contributed by atoms with Gasteiger partial charge in [-0.2, -0.15) is 0 Å². The summed E-state index contributed by atoms with van der Waals surface area (Å²) < 4.78 is 1.88. The number of carbonyl (C=O) groups is 2. The van der Waals surface area contributed by atoms with Gasteiger partial charge in [-0.25, -0.2) is 4.79 Å². The summed E-state index contributed by atoms with van der Waals surface area (Å²) in [6, 6.07) is 9.18. The van der Waals surface area contributed by atoms with Crippen molar-refractivity contribution in [2.45, 2.75) is 6.04 Å². The minimum absolute atomic E-state index is 0.334. The number of aromatic nitrogens is 1. The molecule has 1 atom stereocenters. The molecule has 1 aromatic carbocycles. The predicted molar refractivity (Wildman–Crippen MR) is 71.7 cm³/mol. The number of amides is 1. The van der Waals surface area contributed by atoms with Crippen LogP contribution in [0.1, 0.15) is 10.4 Å². The molecular formula is C14H14N2O4. The van der Waals surface area contributed by atoms with Crippen molar-refractivity contribution in [2.75, 3.05) is 6.61 Å². The highest BCUT2D eigenvalue weighted by Crippen LogP contribution is 2.10. The molecule has 1 aromatic heterocycles. The van der Waals surface area contributed by atoms with Gasteiger partial charge in [0.05, 0.1) is 6.61 Å². The molecule has 2 aromatic rings. The van der Waals surface area contributed by atoms with Gasteiger partial charge >= 0.3 is 5.97 Å². The highest BCUT2D eigenvalue weighted by molar-refractivity contribution is 5.96. The topological polar surface area (TPSA) is 91.6 Å². The van der Waals surface area contributed by atoms with E-state index in [-0.39, 0.29) is 0 Å². The normalized spacial score (nSPS) is 11.8. The Balaban J connectivity index is 2.10. The zero-order chi connectivity index (χ0) is 14.5. The molecule has 6 nitrogen and oxygen atoms in total. The Bertz CT molecular complexity index is 590. The molecule has 20 heavy (non-hydrogen) atoms. The van der Waals surface area contributed by atoms with Crippen LogP contribution < -0.4 is 5.32 Å². The van der Waals surface area contributed by atoms with E-state index in [4.69, 9.17) is 10.2 Å². The fraction of sp³-hybridized carbons (Fsp3) is 0.143. The molecular weight excluding hydrogens is 260 g/mol. The zero-order valence-electron chi connectivity index (χ0n) is 10.6. The van der Waals surface area contributed by atoms with Crippen LogP contribution in [-0.2, 0) is 4.79 Å². The van der Waals surface area contributed by atoms with Crippen molar-refractivity contribution in [1.29, 1.82) is 0 Å². The van der Waals surface area contributed by atoms with E-state index in [1.807, 2.05) is 29.1 Å². The maximum atomic E-state index is 11.8. The Labute approximate surface area is 115 Å². The van der Waals surface area contributed by atoms with Crippen LogP contribution in [0, 0.1) is 0 Å². The van der Waals surface area contributed by atoms with Gasteiger partial charge in [0.25, 0.3) is 5.91 Å². The summed E-state index contributed by atoms with van der Waals surface area (Å²) in [7, 11) is 0. The molecule has 0 spiro atoms. The fourth-order valence-electron chi connectivity index (χ4n) is 1.72. The van der Waals surface area contributed by atoms with E-state index in [9.17, 15) is 9.59 Å². The number of aliphatic carboxylic acids is 1. The number of benzene rings is 1. The maximum absolute atomic E-state index is 11.8. The summed E-state index contributed by atoms with van der Waals surface area (Å²) in [4.78, 5) is 22.6. The molecule has 1 amide bonds. The summed E-state index contributed by atoms with van der Waals surface area (Å²) >= 11 is 0. The van der Waals surface area contributed by atoms with Gasteiger partial charge in [-0.1, -0.05) is 0 Å². The lowest BCUT2D eigenvalue weighted by atomic mass is 10.1. The van der Waals surface area contributed by atoms with E-state index in [0.29, 0.717) is 5.56 Å². The Morgan fingerprint density at radius 3 is 2.25 bits per heavy atom. The van der Waals surface area contributed by atoms with Crippen molar-refractivity contribution < 1.29 is 19.8 Å². The first-order chi connectivity index (χ1) is 9.61. The highest BCUT2D eigenvalue weighted by Gasteiger charge is 2.19. The Hall–Kier alpha value is -2.60. The number of rotatable bonds is 5. The van der Waals surface area contributed by atoms with Gasteiger partial charge in [0, 0.05) is 23.6 Å². The van der Waals surface area contributed by atoms with Crippen LogP contribution in [0.2, 0.25) is 0 Å². The maximum Gasteiger partial charge on any atom is 0.328 e. The van der Waals surface area contributed by atoms with Crippen LogP contribution in [0.25, 0.3) is 5.69 Å². The molecule has 6 heteroatoms. The van der Waals surface area contributed by atoms with Crippen LogP contribution in [0.4, 0.5) is 0 Å². The molecule has 0 radical (unpaired) electrons. The van der Waals surface area contributed by atoms with Crippen LogP contribution >= 0.6 is 0 Å². The average Bonchev–Trinajstić information content (AvgIpc) is 2.98.